The minimum Gasteiger partial charge on any atom is -0.316 e. The lowest BCUT2D eigenvalue weighted by Gasteiger charge is -2.23. The molecule has 98 valence electrons. The van der Waals surface area contributed by atoms with E-state index >= 15 is 0 Å². The molecule has 0 aliphatic rings. The quantitative estimate of drug-likeness (QED) is 0.416. The van der Waals surface area contributed by atoms with Crippen LogP contribution in [-0.2, 0) is 0 Å². The van der Waals surface area contributed by atoms with Gasteiger partial charge < -0.3 is 5.32 Å². The fraction of sp³-hybridized carbons (Fsp3) is 1.00. The molecule has 16 heavy (non-hydrogen) atoms. The minimum absolute atomic E-state index is 0.351. The number of alkyl halides is 1. The summed E-state index contributed by atoms with van der Waals surface area (Å²) in [4.78, 5) is 0. The second-order valence-corrected chi connectivity index (χ2v) is 5.93. The normalized spacial score (nSPS) is 12.0. The van der Waals surface area contributed by atoms with Gasteiger partial charge in [-0.15, -0.1) is 11.6 Å². The molecule has 0 rings (SSSR count). The van der Waals surface area contributed by atoms with Crippen LogP contribution < -0.4 is 5.32 Å². The van der Waals surface area contributed by atoms with Gasteiger partial charge in [0.25, 0.3) is 0 Å². The van der Waals surface area contributed by atoms with Crippen LogP contribution in [0.5, 0.6) is 0 Å². The molecule has 0 bridgehead atoms. The van der Waals surface area contributed by atoms with Gasteiger partial charge in [-0.1, -0.05) is 52.9 Å². The summed E-state index contributed by atoms with van der Waals surface area (Å²) in [7, 11) is 0. The van der Waals surface area contributed by atoms with Gasteiger partial charge in [0.2, 0.25) is 0 Å². The van der Waals surface area contributed by atoms with E-state index in [1.54, 1.807) is 0 Å². The van der Waals surface area contributed by atoms with E-state index in [2.05, 4.69) is 26.1 Å². The van der Waals surface area contributed by atoms with Crippen molar-refractivity contribution in [1.82, 2.24) is 5.32 Å². The van der Waals surface area contributed by atoms with Crippen LogP contribution in [0.1, 0.15) is 65.7 Å². The fourth-order valence-corrected chi connectivity index (χ4v) is 2.31. The second-order valence-electron chi connectivity index (χ2n) is 5.55. The first-order valence-corrected chi connectivity index (χ1v) is 7.42. The van der Waals surface area contributed by atoms with Crippen molar-refractivity contribution in [3.63, 3.8) is 0 Å². The average Bonchev–Trinajstić information content (AvgIpc) is 2.22. The summed E-state index contributed by atoms with van der Waals surface area (Å²) in [5, 5.41) is 3.54. The van der Waals surface area contributed by atoms with Crippen LogP contribution in [0.25, 0.3) is 0 Å². The van der Waals surface area contributed by atoms with Gasteiger partial charge >= 0.3 is 0 Å². The van der Waals surface area contributed by atoms with E-state index in [0.29, 0.717) is 5.41 Å². The van der Waals surface area contributed by atoms with E-state index in [9.17, 15) is 0 Å². The third-order valence-corrected chi connectivity index (χ3v) is 3.27. The van der Waals surface area contributed by atoms with Crippen molar-refractivity contribution in [3.05, 3.63) is 0 Å². The Morgan fingerprint density at radius 3 is 2.25 bits per heavy atom. The zero-order valence-corrected chi connectivity index (χ0v) is 12.2. The third-order valence-electron chi connectivity index (χ3n) is 3.08. The van der Waals surface area contributed by atoms with Crippen LogP contribution in [0.2, 0.25) is 0 Å². The highest BCUT2D eigenvalue weighted by Crippen LogP contribution is 2.19. The summed E-state index contributed by atoms with van der Waals surface area (Å²) in [5.74, 6) is 0.770. The zero-order valence-electron chi connectivity index (χ0n) is 11.4. The summed E-state index contributed by atoms with van der Waals surface area (Å²) >= 11 is 5.77. The predicted molar refractivity (Wildman–Crippen MR) is 75.4 cm³/mol. The van der Waals surface area contributed by atoms with Gasteiger partial charge in [0.15, 0.2) is 0 Å². The topological polar surface area (TPSA) is 12.0 Å². The Balaban J connectivity index is 3.20. The molecule has 0 fully saturated rings. The van der Waals surface area contributed by atoms with E-state index in [4.69, 9.17) is 11.6 Å². The Kier molecular flexibility index (Phi) is 10.6. The molecule has 0 atom stereocenters. The van der Waals surface area contributed by atoms with Gasteiger partial charge in [0.1, 0.15) is 0 Å². The first-order valence-electron chi connectivity index (χ1n) is 6.89. The molecule has 0 aliphatic carbocycles. The highest BCUT2D eigenvalue weighted by atomic mass is 35.5. The van der Waals surface area contributed by atoms with E-state index in [0.717, 1.165) is 25.4 Å². The first-order chi connectivity index (χ1) is 7.62. The van der Waals surface area contributed by atoms with Crippen molar-refractivity contribution in [1.29, 1.82) is 0 Å². The van der Waals surface area contributed by atoms with E-state index in [1.165, 1.54) is 38.5 Å². The maximum atomic E-state index is 5.77. The molecule has 0 unspecified atom stereocenters. The smallest absolute Gasteiger partial charge is 0.0229 e. The van der Waals surface area contributed by atoms with Crippen LogP contribution in [0, 0.1) is 5.41 Å². The molecule has 0 aromatic heterocycles. The lowest BCUT2D eigenvalue weighted by molar-refractivity contribution is 0.329. The van der Waals surface area contributed by atoms with E-state index < -0.39 is 0 Å². The Labute approximate surface area is 107 Å². The molecule has 1 N–H and O–H groups in total. The number of hydrogen-bond donors (Lipinski definition) is 1. The summed E-state index contributed by atoms with van der Waals surface area (Å²) in [6.45, 7) is 9.08. The SMILES string of the molecule is CCCCCCCCNCC(C)(C)CCCl. The largest absolute Gasteiger partial charge is 0.316 e. The standard InChI is InChI=1S/C14H30ClN/c1-4-5-6-7-8-9-12-16-13-14(2,3)10-11-15/h16H,4-13H2,1-3H3. The van der Waals surface area contributed by atoms with Crippen molar-refractivity contribution in [2.45, 2.75) is 65.7 Å². The highest BCUT2D eigenvalue weighted by molar-refractivity contribution is 6.17. The van der Waals surface area contributed by atoms with Crippen molar-refractivity contribution in [3.8, 4) is 0 Å². The Morgan fingerprint density at radius 1 is 1.00 bits per heavy atom. The minimum atomic E-state index is 0.351. The first kappa shape index (κ1) is 16.2. The Morgan fingerprint density at radius 2 is 1.62 bits per heavy atom. The molecule has 0 aliphatic heterocycles. The van der Waals surface area contributed by atoms with E-state index in [1.807, 2.05) is 0 Å². The van der Waals surface area contributed by atoms with Gasteiger partial charge in [-0.2, -0.15) is 0 Å². The van der Waals surface area contributed by atoms with Gasteiger partial charge in [-0.05, 0) is 24.8 Å². The summed E-state index contributed by atoms with van der Waals surface area (Å²) in [6.07, 6.45) is 9.34. The summed E-state index contributed by atoms with van der Waals surface area (Å²) in [6, 6.07) is 0. The molecule has 0 aromatic carbocycles. The Bertz CT molecular complexity index is 146. The number of unbranched alkanes of at least 4 members (excludes halogenated alkanes) is 5. The molecule has 2 heteroatoms. The van der Waals surface area contributed by atoms with Crippen LogP contribution in [-0.4, -0.2) is 19.0 Å². The van der Waals surface area contributed by atoms with Gasteiger partial charge in [0.05, 0.1) is 0 Å². The van der Waals surface area contributed by atoms with Crippen LogP contribution >= 0.6 is 11.6 Å². The van der Waals surface area contributed by atoms with Gasteiger partial charge in [0, 0.05) is 12.4 Å². The molecule has 0 saturated carbocycles. The number of hydrogen-bond acceptors (Lipinski definition) is 1. The molecular weight excluding hydrogens is 218 g/mol. The molecule has 0 amide bonds. The van der Waals surface area contributed by atoms with Crippen LogP contribution in [0.15, 0.2) is 0 Å². The Hall–Kier alpha value is 0.250. The number of rotatable bonds is 11. The van der Waals surface area contributed by atoms with Crippen molar-refractivity contribution >= 4 is 11.6 Å². The van der Waals surface area contributed by atoms with Crippen LogP contribution in [0.4, 0.5) is 0 Å². The molecular formula is C14H30ClN. The van der Waals surface area contributed by atoms with Crippen molar-refractivity contribution in [2.75, 3.05) is 19.0 Å². The highest BCUT2D eigenvalue weighted by Gasteiger charge is 2.15. The van der Waals surface area contributed by atoms with Gasteiger partial charge in [-0.25, -0.2) is 0 Å². The lowest BCUT2D eigenvalue weighted by Crippen LogP contribution is -2.30. The zero-order chi connectivity index (χ0) is 12.3. The predicted octanol–water partition coefficient (Wildman–Crippen LogP) is 4.59. The van der Waals surface area contributed by atoms with Crippen LogP contribution in [0.3, 0.4) is 0 Å². The monoisotopic (exact) mass is 247 g/mol. The summed E-state index contributed by atoms with van der Waals surface area (Å²) < 4.78 is 0. The average molecular weight is 248 g/mol. The van der Waals surface area contributed by atoms with Crippen molar-refractivity contribution in [2.24, 2.45) is 5.41 Å². The van der Waals surface area contributed by atoms with Crippen molar-refractivity contribution < 1.29 is 0 Å². The van der Waals surface area contributed by atoms with E-state index in [-0.39, 0.29) is 0 Å². The fourth-order valence-electron chi connectivity index (χ4n) is 1.80. The molecule has 1 nitrogen and oxygen atoms in total. The summed E-state index contributed by atoms with van der Waals surface area (Å²) in [5.41, 5.74) is 0.351. The maximum Gasteiger partial charge on any atom is 0.0229 e. The molecule has 0 radical (unpaired) electrons. The third kappa shape index (κ3) is 10.8. The number of halogens is 1. The second kappa shape index (κ2) is 10.4. The maximum absolute atomic E-state index is 5.77. The molecule has 0 heterocycles. The lowest BCUT2D eigenvalue weighted by atomic mass is 9.90. The van der Waals surface area contributed by atoms with Gasteiger partial charge in [-0.3, -0.25) is 0 Å². The molecule has 0 saturated heterocycles. The molecule has 0 spiro atoms. The number of nitrogens with one attached hydrogen (secondary N) is 1. The molecule has 0 aromatic rings.